The molecule has 0 fully saturated rings. The lowest BCUT2D eigenvalue weighted by atomic mass is 10.1. The molecule has 0 aromatic carbocycles. The number of hydrogen-bond donors (Lipinski definition) is 0. The lowest BCUT2D eigenvalue weighted by Crippen LogP contribution is -2.07. The van der Waals surface area contributed by atoms with E-state index in [2.05, 4.69) is 9.97 Å². The maximum atomic E-state index is 11.9. The number of hydrogen-bond acceptors (Lipinski definition) is 5. The van der Waals surface area contributed by atoms with Gasteiger partial charge in [0.05, 0.1) is 24.8 Å². The van der Waals surface area contributed by atoms with E-state index < -0.39 is 5.97 Å². The van der Waals surface area contributed by atoms with Crippen molar-refractivity contribution >= 4 is 5.97 Å². The molecule has 2 heterocycles. The maximum absolute atomic E-state index is 11.9. The van der Waals surface area contributed by atoms with Gasteiger partial charge in [-0.15, -0.1) is 0 Å². The van der Waals surface area contributed by atoms with Gasteiger partial charge in [-0.2, -0.15) is 0 Å². The number of nitrogens with zero attached hydrogens (tertiary/aromatic N) is 3. The zero-order valence-corrected chi connectivity index (χ0v) is 11.5. The average Bonchev–Trinajstić information content (AvgIpc) is 2.94. The molecule has 0 bridgehead atoms. The van der Waals surface area contributed by atoms with Gasteiger partial charge in [-0.25, -0.2) is 14.8 Å². The van der Waals surface area contributed by atoms with Crippen molar-refractivity contribution in [3.8, 4) is 11.6 Å². The Morgan fingerprint density at radius 2 is 2.26 bits per heavy atom. The van der Waals surface area contributed by atoms with Crippen molar-refractivity contribution < 1.29 is 13.9 Å². The van der Waals surface area contributed by atoms with Gasteiger partial charge in [-0.3, -0.25) is 0 Å². The number of oxazole rings is 1. The number of esters is 1. The average molecular weight is 263 g/mol. The molecule has 0 unspecified atom stereocenters. The van der Waals surface area contributed by atoms with Gasteiger partial charge in [0.15, 0.2) is 0 Å². The first-order chi connectivity index (χ1) is 9.04. The summed E-state index contributed by atoms with van der Waals surface area (Å²) in [5.41, 5.74) is 1.33. The van der Waals surface area contributed by atoms with Gasteiger partial charge in [-0.1, -0.05) is 13.8 Å². The van der Waals surface area contributed by atoms with Crippen LogP contribution in [0.1, 0.15) is 42.9 Å². The highest BCUT2D eigenvalue weighted by atomic mass is 16.5. The molecule has 2 aromatic rings. The van der Waals surface area contributed by atoms with E-state index in [1.54, 1.807) is 24.0 Å². The number of carbonyl (C=O) groups excluding carboxylic acids is 1. The molecule has 0 N–H and O–H groups in total. The Kier molecular flexibility index (Phi) is 3.69. The summed E-state index contributed by atoms with van der Waals surface area (Å²) in [7, 11) is 1.84. The number of imidazole rings is 1. The van der Waals surface area contributed by atoms with Crippen molar-refractivity contribution in [1.29, 1.82) is 0 Å². The molecule has 0 saturated heterocycles. The summed E-state index contributed by atoms with van der Waals surface area (Å²) in [5.74, 6) is 0.150. The summed E-state index contributed by atoms with van der Waals surface area (Å²) in [6.45, 7) is 5.96. The minimum absolute atomic E-state index is 0.0742. The summed E-state index contributed by atoms with van der Waals surface area (Å²) >= 11 is 0. The lowest BCUT2D eigenvalue weighted by molar-refractivity contribution is 0.0488. The van der Waals surface area contributed by atoms with Crippen molar-refractivity contribution in [3.05, 3.63) is 24.0 Å². The largest absolute Gasteiger partial charge is 0.460 e. The SMILES string of the molecule is CCOC(=O)c1oc(-c2cncn2C)nc1C(C)C. The molecule has 0 aliphatic heterocycles. The van der Waals surface area contributed by atoms with Crippen LogP contribution in [0.4, 0.5) is 0 Å². The Morgan fingerprint density at radius 1 is 1.53 bits per heavy atom. The molecule has 0 saturated carbocycles. The Morgan fingerprint density at radius 3 is 2.79 bits per heavy atom. The summed E-state index contributed by atoms with van der Waals surface area (Å²) in [4.78, 5) is 20.3. The molecule has 6 nitrogen and oxygen atoms in total. The molecular weight excluding hydrogens is 246 g/mol. The Labute approximate surface area is 111 Å². The Balaban J connectivity index is 2.46. The first kappa shape index (κ1) is 13.3. The van der Waals surface area contributed by atoms with Crippen LogP contribution in [0.2, 0.25) is 0 Å². The molecule has 0 aliphatic carbocycles. The summed E-state index contributed by atoms with van der Waals surface area (Å²) in [6.07, 6.45) is 3.30. The number of aryl methyl sites for hydroxylation is 1. The zero-order chi connectivity index (χ0) is 14.0. The molecule has 0 spiro atoms. The quantitative estimate of drug-likeness (QED) is 0.792. The molecule has 6 heteroatoms. The van der Waals surface area contributed by atoms with Gasteiger partial charge in [0.2, 0.25) is 11.7 Å². The minimum Gasteiger partial charge on any atom is -0.460 e. The van der Waals surface area contributed by atoms with Crippen molar-refractivity contribution in [2.75, 3.05) is 6.61 Å². The highest BCUT2D eigenvalue weighted by Gasteiger charge is 2.24. The second kappa shape index (κ2) is 5.26. The van der Waals surface area contributed by atoms with Crippen LogP contribution in [0.25, 0.3) is 11.6 Å². The van der Waals surface area contributed by atoms with Crippen LogP contribution in [0, 0.1) is 0 Å². The third-order valence-electron chi connectivity index (χ3n) is 2.70. The number of ether oxygens (including phenoxy) is 1. The highest BCUT2D eigenvalue weighted by molar-refractivity contribution is 5.88. The van der Waals surface area contributed by atoms with E-state index in [1.807, 2.05) is 20.9 Å². The first-order valence-electron chi connectivity index (χ1n) is 6.19. The molecular formula is C13H17N3O3. The normalized spacial score (nSPS) is 11.0. The van der Waals surface area contributed by atoms with Gasteiger partial charge >= 0.3 is 5.97 Å². The highest BCUT2D eigenvalue weighted by Crippen LogP contribution is 2.26. The molecule has 0 atom stereocenters. The predicted octanol–water partition coefficient (Wildman–Crippen LogP) is 2.38. The fourth-order valence-electron chi connectivity index (χ4n) is 1.74. The predicted molar refractivity (Wildman–Crippen MR) is 68.8 cm³/mol. The second-order valence-electron chi connectivity index (χ2n) is 4.50. The van der Waals surface area contributed by atoms with Crippen LogP contribution < -0.4 is 0 Å². The van der Waals surface area contributed by atoms with E-state index in [0.717, 1.165) is 5.69 Å². The van der Waals surface area contributed by atoms with Gasteiger partial charge in [0.1, 0.15) is 5.69 Å². The van der Waals surface area contributed by atoms with Crippen molar-refractivity contribution in [3.63, 3.8) is 0 Å². The minimum atomic E-state index is -0.480. The standard InChI is InChI=1S/C13H17N3O3/c1-5-18-13(17)11-10(8(2)3)15-12(19-11)9-6-14-7-16(9)4/h6-8H,5H2,1-4H3. The van der Waals surface area contributed by atoms with E-state index in [4.69, 9.17) is 9.15 Å². The van der Waals surface area contributed by atoms with Gasteiger partial charge in [0.25, 0.3) is 0 Å². The Hall–Kier alpha value is -2.11. The molecule has 0 radical (unpaired) electrons. The molecule has 19 heavy (non-hydrogen) atoms. The summed E-state index contributed by atoms with van der Waals surface area (Å²) < 4.78 is 12.3. The van der Waals surface area contributed by atoms with Gasteiger partial charge < -0.3 is 13.7 Å². The molecule has 2 rings (SSSR count). The van der Waals surface area contributed by atoms with Crippen LogP contribution in [0.3, 0.4) is 0 Å². The van der Waals surface area contributed by atoms with Crippen LogP contribution in [0.15, 0.2) is 16.9 Å². The van der Waals surface area contributed by atoms with Crippen molar-refractivity contribution in [2.45, 2.75) is 26.7 Å². The Bertz CT molecular complexity index is 584. The fourth-order valence-corrected chi connectivity index (χ4v) is 1.74. The number of aromatic nitrogens is 3. The number of rotatable bonds is 4. The van der Waals surface area contributed by atoms with Crippen molar-refractivity contribution in [2.24, 2.45) is 7.05 Å². The summed E-state index contributed by atoms with van der Waals surface area (Å²) in [6, 6.07) is 0. The zero-order valence-electron chi connectivity index (χ0n) is 11.5. The number of carbonyl (C=O) groups is 1. The van der Waals surface area contributed by atoms with E-state index in [1.165, 1.54) is 0 Å². The van der Waals surface area contributed by atoms with Crippen molar-refractivity contribution in [1.82, 2.24) is 14.5 Å². The van der Waals surface area contributed by atoms with Crippen LogP contribution >= 0.6 is 0 Å². The lowest BCUT2D eigenvalue weighted by Gasteiger charge is -2.02. The monoisotopic (exact) mass is 263 g/mol. The molecule has 0 aliphatic rings. The summed E-state index contributed by atoms with van der Waals surface area (Å²) in [5, 5.41) is 0. The van der Waals surface area contributed by atoms with Gasteiger partial charge in [-0.05, 0) is 12.8 Å². The fraction of sp³-hybridized carbons (Fsp3) is 0.462. The first-order valence-corrected chi connectivity index (χ1v) is 6.19. The second-order valence-corrected chi connectivity index (χ2v) is 4.50. The van der Waals surface area contributed by atoms with Crippen LogP contribution in [-0.2, 0) is 11.8 Å². The molecule has 2 aromatic heterocycles. The topological polar surface area (TPSA) is 70.2 Å². The van der Waals surface area contributed by atoms with Gasteiger partial charge in [0, 0.05) is 7.05 Å². The smallest absolute Gasteiger partial charge is 0.376 e. The van der Waals surface area contributed by atoms with E-state index in [0.29, 0.717) is 18.2 Å². The third-order valence-corrected chi connectivity index (χ3v) is 2.70. The molecule has 0 amide bonds. The molecule has 102 valence electrons. The maximum Gasteiger partial charge on any atom is 0.376 e. The van der Waals surface area contributed by atoms with Crippen LogP contribution in [0.5, 0.6) is 0 Å². The third kappa shape index (κ3) is 2.52. The van der Waals surface area contributed by atoms with E-state index in [-0.39, 0.29) is 11.7 Å². The van der Waals surface area contributed by atoms with E-state index in [9.17, 15) is 4.79 Å². The van der Waals surface area contributed by atoms with E-state index >= 15 is 0 Å². The van der Waals surface area contributed by atoms with Crippen LogP contribution in [-0.4, -0.2) is 27.1 Å².